The van der Waals surface area contributed by atoms with Crippen molar-refractivity contribution in [3.8, 4) is 5.75 Å². The molecule has 0 saturated carbocycles. The number of carbonyl (C=O) groups is 1. The smallest absolute Gasteiger partial charge is 0.239 e. The molecule has 2 atom stereocenters. The molecular weight excluding hydrogens is 244 g/mol. The molecule has 0 spiro atoms. The number of nitrogens with zero attached hydrogens (tertiary/aromatic N) is 1. The lowest BCUT2D eigenvalue weighted by Gasteiger charge is -2.32. The molecule has 104 valence electrons. The predicted octanol–water partition coefficient (Wildman–Crippen LogP) is 0.245. The van der Waals surface area contributed by atoms with Gasteiger partial charge in [0.2, 0.25) is 5.91 Å². The van der Waals surface area contributed by atoms with Gasteiger partial charge in [0.1, 0.15) is 5.75 Å². The Morgan fingerprint density at radius 3 is 2.74 bits per heavy atom. The van der Waals surface area contributed by atoms with Gasteiger partial charge in [-0.2, -0.15) is 0 Å². The number of aliphatic hydroxyl groups excluding tert-OH is 1. The molecule has 1 aromatic carbocycles. The lowest BCUT2D eigenvalue weighted by atomic mass is 10.0. The van der Waals surface area contributed by atoms with Crippen LogP contribution in [-0.2, 0) is 11.2 Å². The van der Waals surface area contributed by atoms with Crippen LogP contribution in [0.25, 0.3) is 0 Å². The molecule has 1 aliphatic rings. The van der Waals surface area contributed by atoms with Crippen LogP contribution >= 0.6 is 0 Å². The molecule has 19 heavy (non-hydrogen) atoms. The van der Waals surface area contributed by atoms with E-state index < -0.39 is 12.1 Å². The Morgan fingerprint density at radius 2 is 2.11 bits per heavy atom. The number of likely N-dealkylation sites (tertiary alicyclic amines) is 1. The summed E-state index contributed by atoms with van der Waals surface area (Å²) in [5.41, 5.74) is 6.84. The molecule has 1 saturated heterocycles. The molecule has 1 fully saturated rings. The third-order valence-corrected chi connectivity index (χ3v) is 3.42. The van der Waals surface area contributed by atoms with E-state index in [9.17, 15) is 15.0 Å². The standard InChI is InChI=1S/C14H20N2O3/c15-13(8-10-3-5-11(17)6-4-10)14(19)16-7-1-2-12(18)9-16/h3-6,12-13,17-18H,1-2,7-9,15H2/t12?,13-/m0/s1. The maximum absolute atomic E-state index is 12.2. The fourth-order valence-corrected chi connectivity index (χ4v) is 2.36. The lowest BCUT2D eigenvalue weighted by Crippen LogP contribution is -2.50. The summed E-state index contributed by atoms with van der Waals surface area (Å²) in [6.45, 7) is 1.04. The summed E-state index contributed by atoms with van der Waals surface area (Å²) in [6, 6.07) is 6.07. The van der Waals surface area contributed by atoms with Crippen LogP contribution in [0, 0.1) is 0 Å². The molecule has 1 amide bonds. The van der Waals surface area contributed by atoms with Crippen molar-refractivity contribution in [2.24, 2.45) is 5.73 Å². The largest absolute Gasteiger partial charge is 0.508 e. The second-order valence-electron chi connectivity index (χ2n) is 5.06. The summed E-state index contributed by atoms with van der Waals surface area (Å²) in [7, 11) is 0. The maximum atomic E-state index is 12.2. The molecule has 0 radical (unpaired) electrons. The number of rotatable bonds is 3. The van der Waals surface area contributed by atoms with Gasteiger partial charge in [0.25, 0.3) is 0 Å². The van der Waals surface area contributed by atoms with Crippen LogP contribution < -0.4 is 5.73 Å². The van der Waals surface area contributed by atoms with Gasteiger partial charge in [-0.05, 0) is 37.0 Å². The third kappa shape index (κ3) is 3.68. The Kier molecular flexibility index (Phi) is 4.39. The number of nitrogens with two attached hydrogens (primary N) is 1. The van der Waals surface area contributed by atoms with Gasteiger partial charge in [-0.25, -0.2) is 0 Å². The molecule has 0 bridgehead atoms. The molecule has 2 rings (SSSR count). The number of phenolic OH excluding ortho intramolecular Hbond substituents is 1. The Hall–Kier alpha value is -1.59. The number of phenols is 1. The Bertz CT molecular complexity index is 433. The summed E-state index contributed by atoms with van der Waals surface area (Å²) in [6.07, 6.45) is 1.57. The van der Waals surface area contributed by atoms with E-state index in [1.165, 1.54) is 0 Å². The van der Waals surface area contributed by atoms with Gasteiger partial charge in [-0.15, -0.1) is 0 Å². The number of hydrogen-bond donors (Lipinski definition) is 3. The van der Waals surface area contributed by atoms with Crippen molar-refractivity contribution in [2.45, 2.75) is 31.4 Å². The first-order valence-corrected chi connectivity index (χ1v) is 6.56. The second-order valence-corrected chi connectivity index (χ2v) is 5.06. The van der Waals surface area contributed by atoms with E-state index in [1.807, 2.05) is 0 Å². The van der Waals surface area contributed by atoms with Gasteiger partial charge in [0, 0.05) is 13.1 Å². The molecule has 1 aromatic rings. The summed E-state index contributed by atoms with van der Waals surface area (Å²) in [5.74, 6) is 0.0784. The highest BCUT2D eigenvalue weighted by molar-refractivity contribution is 5.82. The molecule has 0 aromatic heterocycles. The number of β-amino-alcohol motifs (C(OH)–C–C–N with tert-alkyl or cyclic N) is 1. The van der Waals surface area contributed by atoms with E-state index in [1.54, 1.807) is 29.2 Å². The molecular formula is C14H20N2O3. The normalized spacial score (nSPS) is 21.2. The van der Waals surface area contributed by atoms with E-state index in [0.29, 0.717) is 19.5 Å². The summed E-state index contributed by atoms with van der Waals surface area (Å²) >= 11 is 0. The minimum absolute atomic E-state index is 0.119. The Morgan fingerprint density at radius 1 is 1.42 bits per heavy atom. The Balaban J connectivity index is 1.93. The number of benzene rings is 1. The predicted molar refractivity (Wildman–Crippen MR) is 71.6 cm³/mol. The van der Waals surface area contributed by atoms with Crippen molar-refractivity contribution in [3.05, 3.63) is 29.8 Å². The minimum atomic E-state index is -0.602. The van der Waals surface area contributed by atoms with Crippen molar-refractivity contribution < 1.29 is 15.0 Å². The van der Waals surface area contributed by atoms with Gasteiger partial charge < -0.3 is 20.8 Å². The van der Waals surface area contributed by atoms with Crippen molar-refractivity contribution in [1.29, 1.82) is 0 Å². The highest BCUT2D eigenvalue weighted by Crippen LogP contribution is 2.14. The second kappa shape index (κ2) is 6.04. The average molecular weight is 264 g/mol. The summed E-state index contributed by atoms with van der Waals surface area (Å²) in [4.78, 5) is 13.8. The highest BCUT2D eigenvalue weighted by atomic mass is 16.3. The molecule has 1 heterocycles. The third-order valence-electron chi connectivity index (χ3n) is 3.42. The molecule has 1 unspecified atom stereocenters. The molecule has 5 nitrogen and oxygen atoms in total. The van der Waals surface area contributed by atoms with Gasteiger partial charge in [-0.1, -0.05) is 12.1 Å². The minimum Gasteiger partial charge on any atom is -0.508 e. The first-order chi connectivity index (χ1) is 9.06. The zero-order valence-corrected chi connectivity index (χ0v) is 10.8. The number of hydrogen-bond acceptors (Lipinski definition) is 4. The van der Waals surface area contributed by atoms with E-state index >= 15 is 0 Å². The van der Waals surface area contributed by atoms with Gasteiger partial charge in [-0.3, -0.25) is 4.79 Å². The fraction of sp³-hybridized carbons (Fsp3) is 0.500. The highest BCUT2D eigenvalue weighted by Gasteiger charge is 2.26. The van der Waals surface area contributed by atoms with E-state index in [0.717, 1.165) is 18.4 Å². The van der Waals surface area contributed by atoms with Crippen LogP contribution in [0.5, 0.6) is 5.75 Å². The average Bonchev–Trinajstić information content (AvgIpc) is 2.40. The zero-order chi connectivity index (χ0) is 13.8. The Labute approximate surface area is 112 Å². The van der Waals surface area contributed by atoms with Crippen LogP contribution in [0.2, 0.25) is 0 Å². The number of amides is 1. The number of carbonyl (C=O) groups excluding carboxylic acids is 1. The van der Waals surface area contributed by atoms with E-state index in [-0.39, 0.29) is 11.7 Å². The first-order valence-electron chi connectivity index (χ1n) is 6.56. The molecule has 1 aliphatic heterocycles. The molecule has 4 N–H and O–H groups in total. The molecule has 0 aliphatic carbocycles. The van der Waals surface area contributed by atoms with Crippen LogP contribution in [-0.4, -0.2) is 46.3 Å². The van der Waals surface area contributed by atoms with Crippen LogP contribution in [0.1, 0.15) is 18.4 Å². The van der Waals surface area contributed by atoms with Gasteiger partial charge in [0.05, 0.1) is 12.1 Å². The number of piperidine rings is 1. The van der Waals surface area contributed by atoms with Crippen molar-refractivity contribution in [2.75, 3.05) is 13.1 Å². The van der Waals surface area contributed by atoms with E-state index in [4.69, 9.17) is 5.73 Å². The maximum Gasteiger partial charge on any atom is 0.239 e. The fourth-order valence-electron chi connectivity index (χ4n) is 2.36. The zero-order valence-electron chi connectivity index (χ0n) is 10.8. The van der Waals surface area contributed by atoms with Gasteiger partial charge >= 0.3 is 0 Å². The monoisotopic (exact) mass is 264 g/mol. The van der Waals surface area contributed by atoms with E-state index in [2.05, 4.69) is 0 Å². The summed E-state index contributed by atoms with van der Waals surface area (Å²) in [5, 5.41) is 18.8. The van der Waals surface area contributed by atoms with Crippen LogP contribution in [0.4, 0.5) is 0 Å². The summed E-state index contributed by atoms with van der Waals surface area (Å²) < 4.78 is 0. The van der Waals surface area contributed by atoms with Crippen molar-refractivity contribution >= 4 is 5.91 Å². The van der Waals surface area contributed by atoms with Gasteiger partial charge in [0.15, 0.2) is 0 Å². The quantitative estimate of drug-likeness (QED) is 0.730. The first kappa shape index (κ1) is 13.8. The topological polar surface area (TPSA) is 86.8 Å². The van der Waals surface area contributed by atoms with Crippen LogP contribution in [0.3, 0.4) is 0 Å². The SMILES string of the molecule is N[C@@H](Cc1ccc(O)cc1)C(=O)N1CCCC(O)C1. The molecule has 5 heteroatoms. The van der Waals surface area contributed by atoms with Crippen LogP contribution in [0.15, 0.2) is 24.3 Å². The number of aromatic hydroxyl groups is 1. The van der Waals surface area contributed by atoms with Crippen molar-refractivity contribution in [1.82, 2.24) is 4.90 Å². The van der Waals surface area contributed by atoms with Crippen molar-refractivity contribution in [3.63, 3.8) is 0 Å². The number of aliphatic hydroxyl groups is 1. The lowest BCUT2D eigenvalue weighted by molar-refractivity contribution is -0.135.